The fourth-order valence-electron chi connectivity index (χ4n) is 0.803. The number of nitrogens with zero attached hydrogens (tertiary/aromatic N) is 2. The Balaban J connectivity index is 2.50. The highest BCUT2D eigenvalue weighted by Gasteiger charge is 2.09. The third-order valence-electron chi connectivity index (χ3n) is 1.57. The molecule has 0 aliphatic rings. The molecule has 7 heteroatoms. The number of aliphatic hydroxyl groups excluding tert-OH is 2. The van der Waals surface area contributed by atoms with Crippen molar-refractivity contribution >= 4 is 17.5 Å². The van der Waals surface area contributed by atoms with Crippen LogP contribution in [0.4, 0.5) is 0 Å². The SMILES string of the molecule is O=C(NCC(O)CO)c1ccc(Cl)nn1. The molecule has 0 saturated carbocycles. The third-order valence-corrected chi connectivity index (χ3v) is 1.78. The maximum Gasteiger partial charge on any atom is 0.271 e. The molecule has 3 N–H and O–H groups in total. The van der Waals surface area contributed by atoms with Crippen molar-refractivity contribution in [1.29, 1.82) is 0 Å². The molecule has 15 heavy (non-hydrogen) atoms. The Morgan fingerprint density at radius 2 is 2.27 bits per heavy atom. The van der Waals surface area contributed by atoms with Crippen molar-refractivity contribution in [3.8, 4) is 0 Å². The first-order valence-electron chi connectivity index (χ1n) is 4.20. The monoisotopic (exact) mass is 231 g/mol. The maximum absolute atomic E-state index is 11.3. The van der Waals surface area contributed by atoms with E-state index in [1.807, 2.05) is 0 Å². The second-order valence-electron chi connectivity index (χ2n) is 2.79. The maximum atomic E-state index is 11.3. The number of aliphatic hydroxyl groups is 2. The van der Waals surface area contributed by atoms with Crippen LogP contribution in [-0.2, 0) is 0 Å². The molecular weight excluding hydrogens is 222 g/mol. The number of halogens is 1. The number of hydrogen-bond acceptors (Lipinski definition) is 5. The van der Waals surface area contributed by atoms with Gasteiger partial charge in [-0.2, -0.15) is 0 Å². The summed E-state index contributed by atoms with van der Waals surface area (Å²) in [5, 5.41) is 27.1. The number of hydrogen-bond donors (Lipinski definition) is 3. The molecule has 82 valence electrons. The summed E-state index contributed by atoms with van der Waals surface area (Å²) >= 11 is 5.49. The van der Waals surface area contributed by atoms with Crippen LogP contribution in [0.1, 0.15) is 10.5 Å². The van der Waals surface area contributed by atoms with E-state index in [1.54, 1.807) is 0 Å². The first-order valence-corrected chi connectivity index (χ1v) is 4.57. The lowest BCUT2D eigenvalue weighted by molar-refractivity contribution is 0.0798. The summed E-state index contributed by atoms with van der Waals surface area (Å²) in [6.45, 7) is -0.452. The van der Waals surface area contributed by atoms with Gasteiger partial charge in [0, 0.05) is 6.54 Å². The van der Waals surface area contributed by atoms with E-state index >= 15 is 0 Å². The summed E-state index contributed by atoms with van der Waals surface area (Å²) in [6.07, 6.45) is -0.978. The molecule has 0 spiro atoms. The van der Waals surface area contributed by atoms with Gasteiger partial charge in [0.15, 0.2) is 10.8 Å². The van der Waals surface area contributed by atoms with Crippen LogP contribution < -0.4 is 5.32 Å². The molecule has 0 aliphatic carbocycles. The van der Waals surface area contributed by atoms with Crippen LogP contribution in [0, 0.1) is 0 Å². The average Bonchev–Trinajstić information content (AvgIpc) is 2.26. The molecule has 1 aromatic heterocycles. The number of carbonyl (C=O) groups is 1. The van der Waals surface area contributed by atoms with Crippen molar-refractivity contribution in [2.75, 3.05) is 13.2 Å². The number of nitrogens with one attached hydrogen (secondary N) is 1. The van der Waals surface area contributed by atoms with Gasteiger partial charge in [-0.1, -0.05) is 11.6 Å². The highest BCUT2D eigenvalue weighted by atomic mass is 35.5. The largest absolute Gasteiger partial charge is 0.394 e. The molecule has 1 amide bonds. The van der Waals surface area contributed by atoms with Crippen molar-refractivity contribution in [3.63, 3.8) is 0 Å². The van der Waals surface area contributed by atoms with E-state index in [2.05, 4.69) is 15.5 Å². The van der Waals surface area contributed by atoms with E-state index in [1.165, 1.54) is 12.1 Å². The zero-order chi connectivity index (χ0) is 11.3. The summed E-state index contributed by atoms with van der Waals surface area (Å²) in [4.78, 5) is 11.3. The van der Waals surface area contributed by atoms with Gasteiger partial charge >= 0.3 is 0 Å². The van der Waals surface area contributed by atoms with Gasteiger partial charge < -0.3 is 15.5 Å². The van der Waals surface area contributed by atoms with Gasteiger partial charge in [-0.15, -0.1) is 10.2 Å². The molecule has 6 nitrogen and oxygen atoms in total. The lowest BCUT2D eigenvalue weighted by atomic mass is 10.3. The highest BCUT2D eigenvalue weighted by molar-refractivity contribution is 6.29. The lowest BCUT2D eigenvalue weighted by Gasteiger charge is -2.07. The Kier molecular flexibility index (Phi) is 4.41. The zero-order valence-electron chi connectivity index (χ0n) is 7.72. The number of amides is 1. The first kappa shape index (κ1) is 11.8. The standard InChI is InChI=1S/C8H10ClN3O3/c9-7-2-1-6(11-12-7)8(15)10-3-5(14)4-13/h1-2,5,13-14H,3-4H2,(H,10,15). The van der Waals surface area contributed by atoms with E-state index < -0.39 is 18.6 Å². The molecule has 0 saturated heterocycles. The first-order chi connectivity index (χ1) is 7.13. The summed E-state index contributed by atoms with van der Waals surface area (Å²) in [5.41, 5.74) is 0.101. The molecule has 1 aromatic rings. The van der Waals surface area contributed by atoms with Crippen molar-refractivity contribution in [3.05, 3.63) is 23.0 Å². The van der Waals surface area contributed by atoms with Crippen LogP contribution in [0.2, 0.25) is 5.15 Å². The topological polar surface area (TPSA) is 95.3 Å². The van der Waals surface area contributed by atoms with Crippen LogP contribution in [0.3, 0.4) is 0 Å². The molecule has 0 bridgehead atoms. The van der Waals surface area contributed by atoms with Gasteiger partial charge in [0.2, 0.25) is 0 Å². The molecule has 0 aliphatic heterocycles. The zero-order valence-corrected chi connectivity index (χ0v) is 8.48. The van der Waals surface area contributed by atoms with Gasteiger partial charge in [-0.05, 0) is 12.1 Å². The van der Waals surface area contributed by atoms with E-state index in [-0.39, 0.29) is 17.4 Å². The van der Waals surface area contributed by atoms with Gasteiger partial charge in [-0.3, -0.25) is 4.79 Å². The lowest BCUT2D eigenvalue weighted by Crippen LogP contribution is -2.34. The molecule has 1 rings (SSSR count). The van der Waals surface area contributed by atoms with E-state index in [9.17, 15) is 4.79 Å². The Morgan fingerprint density at radius 3 is 2.80 bits per heavy atom. The average molecular weight is 232 g/mol. The Bertz CT molecular complexity index is 330. The van der Waals surface area contributed by atoms with Crippen LogP contribution in [0.15, 0.2) is 12.1 Å². The second kappa shape index (κ2) is 5.59. The quantitative estimate of drug-likeness (QED) is 0.632. The van der Waals surface area contributed by atoms with Gasteiger partial charge in [0.05, 0.1) is 12.7 Å². The molecular formula is C8H10ClN3O3. The van der Waals surface area contributed by atoms with E-state index in [0.717, 1.165) is 0 Å². The Hall–Kier alpha value is -1.24. The second-order valence-corrected chi connectivity index (χ2v) is 3.17. The minimum Gasteiger partial charge on any atom is -0.394 e. The minimum atomic E-state index is -0.978. The fraction of sp³-hybridized carbons (Fsp3) is 0.375. The predicted molar refractivity (Wildman–Crippen MR) is 52.5 cm³/mol. The smallest absolute Gasteiger partial charge is 0.271 e. The van der Waals surface area contributed by atoms with Crippen molar-refractivity contribution in [1.82, 2.24) is 15.5 Å². The predicted octanol–water partition coefficient (Wildman–Crippen LogP) is -0.787. The van der Waals surface area contributed by atoms with Crippen LogP contribution in [0.25, 0.3) is 0 Å². The Morgan fingerprint density at radius 1 is 1.53 bits per heavy atom. The minimum absolute atomic E-state index is 0.0420. The van der Waals surface area contributed by atoms with E-state index in [0.29, 0.717) is 0 Å². The molecule has 1 heterocycles. The van der Waals surface area contributed by atoms with E-state index in [4.69, 9.17) is 21.8 Å². The molecule has 0 aromatic carbocycles. The van der Waals surface area contributed by atoms with Crippen molar-refractivity contribution in [2.24, 2.45) is 0 Å². The molecule has 0 fully saturated rings. The van der Waals surface area contributed by atoms with Gasteiger partial charge in [0.25, 0.3) is 5.91 Å². The van der Waals surface area contributed by atoms with Crippen LogP contribution >= 0.6 is 11.6 Å². The highest BCUT2D eigenvalue weighted by Crippen LogP contribution is 2.01. The van der Waals surface area contributed by atoms with Crippen molar-refractivity contribution < 1.29 is 15.0 Å². The summed E-state index contributed by atoms with van der Waals surface area (Å²) in [6, 6.07) is 2.85. The Labute approximate surface area is 90.9 Å². The van der Waals surface area contributed by atoms with Crippen LogP contribution in [0.5, 0.6) is 0 Å². The molecule has 1 atom stereocenters. The summed E-state index contributed by atoms with van der Waals surface area (Å²) in [5.74, 6) is -0.480. The van der Waals surface area contributed by atoms with Crippen molar-refractivity contribution in [2.45, 2.75) is 6.10 Å². The third kappa shape index (κ3) is 3.78. The van der Waals surface area contributed by atoms with Gasteiger partial charge in [0.1, 0.15) is 0 Å². The molecule has 1 unspecified atom stereocenters. The van der Waals surface area contributed by atoms with Crippen LogP contribution in [-0.4, -0.2) is 45.6 Å². The molecule has 0 radical (unpaired) electrons. The fourth-order valence-corrected chi connectivity index (χ4v) is 0.904. The summed E-state index contributed by atoms with van der Waals surface area (Å²) in [7, 11) is 0. The number of rotatable bonds is 4. The van der Waals surface area contributed by atoms with Gasteiger partial charge in [-0.25, -0.2) is 0 Å². The summed E-state index contributed by atoms with van der Waals surface area (Å²) < 4.78 is 0. The normalized spacial score (nSPS) is 12.2. The number of aromatic nitrogens is 2. The number of carbonyl (C=O) groups excluding carboxylic acids is 1.